The average molecular weight is 274 g/mol. The standard InChI is InChI=1S/C15H15FN2S/c1-2-11-10-12(16)8-9-14(11)18-15(19)17-13-6-4-3-5-7-13/h3-10H,2H2,1H3,(H2,17,18,19). The topological polar surface area (TPSA) is 24.1 Å². The monoisotopic (exact) mass is 274 g/mol. The lowest BCUT2D eigenvalue weighted by Crippen LogP contribution is -2.19. The van der Waals surface area contributed by atoms with Crippen molar-refractivity contribution in [3.05, 3.63) is 59.9 Å². The first kappa shape index (κ1) is 13.5. The quantitative estimate of drug-likeness (QED) is 0.820. The third kappa shape index (κ3) is 3.76. The van der Waals surface area contributed by atoms with E-state index >= 15 is 0 Å². The number of halogens is 1. The second-order valence-electron chi connectivity index (χ2n) is 4.10. The number of benzene rings is 2. The molecule has 2 N–H and O–H groups in total. The Balaban J connectivity index is 2.07. The van der Waals surface area contributed by atoms with Crippen molar-refractivity contribution >= 4 is 28.7 Å². The van der Waals surface area contributed by atoms with Gasteiger partial charge in [0.2, 0.25) is 0 Å². The number of anilines is 2. The Labute approximate surface area is 117 Å². The molecule has 0 aliphatic rings. The molecule has 0 saturated carbocycles. The molecule has 19 heavy (non-hydrogen) atoms. The van der Waals surface area contributed by atoms with Crippen LogP contribution in [-0.4, -0.2) is 5.11 Å². The van der Waals surface area contributed by atoms with Crippen LogP contribution in [0.1, 0.15) is 12.5 Å². The Bertz CT molecular complexity index is 570. The summed E-state index contributed by atoms with van der Waals surface area (Å²) in [6.45, 7) is 1.98. The van der Waals surface area contributed by atoms with Crippen LogP contribution in [0.15, 0.2) is 48.5 Å². The summed E-state index contributed by atoms with van der Waals surface area (Å²) >= 11 is 5.24. The molecular weight excluding hydrogens is 259 g/mol. The number of nitrogens with one attached hydrogen (secondary N) is 2. The van der Waals surface area contributed by atoms with E-state index in [1.165, 1.54) is 12.1 Å². The summed E-state index contributed by atoms with van der Waals surface area (Å²) in [5.74, 6) is -0.232. The fourth-order valence-corrected chi connectivity index (χ4v) is 2.01. The number of rotatable bonds is 3. The average Bonchev–Trinajstić information content (AvgIpc) is 2.42. The van der Waals surface area contributed by atoms with Crippen LogP contribution in [0.5, 0.6) is 0 Å². The minimum atomic E-state index is -0.232. The summed E-state index contributed by atoms with van der Waals surface area (Å²) in [4.78, 5) is 0. The molecule has 0 aliphatic carbocycles. The van der Waals surface area contributed by atoms with Crippen molar-refractivity contribution in [1.29, 1.82) is 0 Å². The second kappa shape index (κ2) is 6.29. The van der Waals surface area contributed by atoms with Crippen molar-refractivity contribution in [2.24, 2.45) is 0 Å². The van der Waals surface area contributed by atoms with Crippen molar-refractivity contribution in [1.82, 2.24) is 0 Å². The predicted octanol–water partition coefficient (Wildman–Crippen LogP) is 4.20. The summed E-state index contributed by atoms with van der Waals surface area (Å²) in [7, 11) is 0. The highest BCUT2D eigenvalue weighted by molar-refractivity contribution is 7.80. The van der Waals surface area contributed by atoms with Gasteiger partial charge in [-0.1, -0.05) is 25.1 Å². The van der Waals surface area contributed by atoms with Crippen LogP contribution in [-0.2, 0) is 6.42 Å². The minimum Gasteiger partial charge on any atom is -0.332 e. The van der Waals surface area contributed by atoms with Crippen molar-refractivity contribution in [2.75, 3.05) is 10.6 Å². The van der Waals surface area contributed by atoms with Crippen LogP contribution >= 0.6 is 12.2 Å². The van der Waals surface area contributed by atoms with Gasteiger partial charge < -0.3 is 10.6 Å². The maximum atomic E-state index is 13.1. The molecule has 0 bridgehead atoms. The van der Waals surface area contributed by atoms with Gasteiger partial charge in [-0.3, -0.25) is 0 Å². The molecule has 0 spiro atoms. The molecule has 4 heteroatoms. The van der Waals surface area contributed by atoms with Crippen LogP contribution in [0, 0.1) is 5.82 Å². The Morgan fingerprint density at radius 3 is 2.53 bits per heavy atom. The zero-order chi connectivity index (χ0) is 13.7. The predicted molar refractivity (Wildman–Crippen MR) is 82.1 cm³/mol. The van der Waals surface area contributed by atoms with Gasteiger partial charge in [0.05, 0.1) is 0 Å². The fraction of sp³-hybridized carbons (Fsp3) is 0.133. The molecule has 0 atom stereocenters. The molecule has 2 rings (SSSR count). The van der Waals surface area contributed by atoms with Crippen LogP contribution in [0.4, 0.5) is 15.8 Å². The van der Waals surface area contributed by atoms with Crippen LogP contribution in [0.25, 0.3) is 0 Å². The van der Waals surface area contributed by atoms with E-state index in [0.717, 1.165) is 23.4 Å². The van der Waals surface area contributed by atoms with Crippen molar-refractivity contribution in [3.8, 4) is 0 Å². The lowest BCUT2D eigenvalue weighted by molar-refractivity contribution is 0.626. The summed E-state index contributed by atoms with van der Waals surface area (Å²) in [5, 5.41) is 6.67. The van der Waals surface area contributed by atoms with E-state index in [0.29, 0.717) is 5.11 Å². The summed E-state index contributed by atoms with van der Waals surface area (Å²) in [6.07, 6.45) is 0.744. The largest absolute Gasteiger partial charge is 0.332 e. The number of thiocarbonyl (C=S) groups is 1. The Kier molecular flexibility index (Phi) is 4.47. The summed E-state index contributed by atoms with van der Waals surface area (Å²) < 4.78 is 13.1. The van der Waals surface area contributed by atoms with E-state index in [1.54, 1.807) is 6.07 Å². The minimum absolute atomic E-state index is 0.232. The lowest BCUT2D eigenvalue weighted by Gasteiger charge is -2.13. The highest BCUT2D eigenvalue weighted by Gasteiger charge is 2.04. The molecule has 2 aromatic rings. The highest BCUT2D eigenvalue weighted by Crippen LogP contribution is 2.18. The maximum Gasteiger partial charge on any atom is 0.175 e. The lowest BCUT2D eigenvalue weighted by atomic mass is 10.1. The van der Waals surface area contributed by atoms with E-state index in [4.69, 9.17) is 12.2 Å². The van der Waals surface area contributed by atoms with E-state index in [2.05, 4.69) is 10.6 Å². The van der Waals surface area contributed by atoms with Gasteiger partial charge in [-0.15, -0.1) is 0 Å². The SMILES string of the molecule is CCc1cc(F)ccc1NC(=S)Nc1ccccc1. The van der Waals surface area contributed by atoms with E-state index < -0.39 is 0 Å². The van der Waals surface area contributed by atoms with Crippen LogP contribution < -0.4 is 10.6 Å². The molecule has 0 radical (unpaired) electrons. The Morgan fingerprint density at radius 2 is 1.84 bits per heavy atom. The van der Waals surface area contributed by atoms with E-state index in [1.807, 2.05) is 37.3 Å². The molecule has 2 aromatic carbocycles. The van der Waals surface area contributed by atoms with Gasteiger partial charge in [0, 0.05) is 11.4 Å². The molecule has 0 saturated heterocycles. The Hall–Kier alpha value is -1.94. The number of hydrogen-bond donors (Lipinski definition) is 2. The van der Waals surface area contributed by atoms with Crippen molar-refractivity contribution in [2.45, 2.75) is 13.3 Å². The zero-order valence-corrected chi connectivity index (χ0v) is 11.4. The third-order valence-electron chi connectivity index (χ3n) is 2.73. The molecule has 98 valence electrons. The highest BCUT2D eigenvalue weighted by atomic mass is 32.1. The first-order chi connectivity index (χ1) is 9.19. The first-order valence-electron chi connectivity index (χ1n) is 6.10. The van der Waals surface area contributed by atoms with Crippen LogP contribution in [0.3, 0.4) is 0 Å². The van der Waals surface area contributed by atoms with Gasteiger partial charge in [-0.2, -0.15) is 0 Å². The number of aryl methyl sites for hydroxylation is 1. The number of hydrogen-bond acceptors (Lipinski definition) is 1. The molecule has 0 fully saturated rings. The zero-order valence-electron chi connectivity index (χ0n) is 10.6. The third-order valence-corrected chi connectivity index (χ3v) is 2.93. The molecule has 0 amide bonds. The Morgan fingerprint density at radius 1 is 1.11 bits per heavy atom. The molecule has 0 heterocycles. The molecule has 2 nitrogen and oxygen atoms in total. The molecule has 0 aliphatic heterocycles. The first-order valence-corrected chi connectivity index (χ1v) is 6.51. The number of para-hydroxylation sites is 1. The summed E-state index contributed by atoms with van der Waals surface area (Å²) in [5.41, 5.74) is 2.65. The van der Waals surface area contributed by atoms with Gasteiger partial charge in [0.1, 0.15) is 5.82 Å². The smallest absolute Gasteiger partial charge is 0.175 e. The summed E-state index contributed by atoms with van der Waals surface area (Å²) in [6, 6.07) is 14.3. The normalized spacial score (nSPS) is 10.0. The van der Waals surface area contributed by atoms with E-state index in [9.17, 15) is 4.39 Å². The second-order valence-corrected chi connectivity index (χ2v) is 4.51. The van der Waals surface area contributed by atoms with Gasteiger partial charge in [-0.05, 0) is 54.5 Å². The van der Waals surface area contributed by atoms with Gasteiger partial charge in [0.15, 0.2) is 5.11 Å². The van der Waals surface area contributed by atoms with Crippen molar-refractivity contribution in [3.63, 3.8) is 0 Å². The molecule has 0 unspecified atom stereocenters. The van der Waals surface area contributed by atoms with Crippen molar-refractivity contribution < 1.29 is 4.39 Å². The van der Waals surface area contributed by atoms with E-state index in [-0.39, 0.29) is 5.82 Å². The fourth-order valence-electron chi connectivity index (χ4n) is 1.78. The molecule has 0 aromatic heterocycles. The van der Waals surface area contributed by atoms with Crippen LogP contribution in [0.2, 0.25) is 0 Å². The van der Waals surface area contributed by atoms with Gasteiger partial charge in [0.25, 0.3) is 0 Å². The maximum absolute atomic E-state index is 13.1. The molecular formula is C15H15FN2S. The van der Waals surface area contributed by atoms with Gasteiger partial charge >= 0.3 is 0 Å². The van der Waals surface area contributed by atoms with Gasteiger partial charge in [-0.25, -0.2) is 4.39 Å².